The Morgan fingerprint density at radius 2 is 1.89 bits per heavy atom. The van der Waals surface area contributed by atoms with Gasteiger partial charge in [0.1, 0.15) is 35.2 Å². The molecule has 38 heavy (non-hydrogen) atoms. The van der Waals surface area contributed by atoms with Crippen LogP contribution in [0.2, 0.25) is 0 Å². The first-order valence-corrected chi connectivity index (χ1v) is 12.1. The summed E-state index contributed by atoms with van der Waals surface area (Å²) in [4.78, 5) is 24.3. The number of ether oxygens (including phenoxy) is 1. The molecule has 4 aromatic heterocycles. The zero-order valence-electron chi connectivity index (χ0n) is 20.4. The third kappa shape index (κ3) is 4.21. The fraction of sp³-hybridized carbons (Fsp3) is 0.280. The molecule has 0 unspecified atom stereocenters. The van der Waals surface area contributed by atoms with Gasteiger partial charge in [-0.2, -0.15) is 5.10 Å². The Balaban J connectivity index is 0.00000264. The van der Waals surface area contributed by atoms with Crippen molar-refractivity contribution in [3.8, 4) is 11.5 Å². The van der Waals surface area contributed by atoms with Gasteiger partial charge < -0.3 is 20.3 Å². The molecule has 7 rings (SSSR count). The van der Waals surface area contributed by atoms with E-state index in [4.69, 9.17) is 9.72 Å². The summed E-state index contributed by atoms with van der Waals surface area (Å²) >= 11 is 0. The van der Waals surface area contributed by atoms with Gasteiger partial charge in [-0.15, -0.1) is 12.4 Å². The van der Waals surface area contributed by atoms with Crippen LogP contribution in [0.15, 0.2) is 49.3 Å². The zero-order valence-corrected chi connectivity index (χ0v) is 21.2. The number of hydrogen-bond donors (Lipinski definition) is 2. The predicted molar refractivity (Wildman–Crippen MR) is 142 cm³/mol. The molecule has 0 radical (unpaired) electrons. The quantitative estimate of drug-likeness (QED) is 0.346. The summed E-state index contributed by atoms with van der Waals surface area (Å²) in [7, 11) is 0. The molecule has 6 heterocycles. The number of pyridine rings is 1. The van der Waals surface area contributed by atoms with Gasteiger partial charge in [-0.3, -0.25) is 0 Å². The van der Waals surface area contributed by atoms with Crippen molar-refractivity contribution >= 4 is 46.5 Å². The third-order valence-electron chi connectivity index (χ3n) is 7.11. The van der Waals surface area contributed by atoms with Crippen LogP contribution >= 0.6 is 12.4 Å². The molecule has 1 aromatic carbocycles. The second-order valence-electron chi connectivity index (χ2n) is 9.41. The van der Waals surface area contributed by atoms with E-state index in [1.807, 2.05) is 0 Å². The van der Waals surface area contributed by atoms with Gasteiger partial charge in [0.25, 0.3) is 0 Å². The number of benzene rings is 1. The highest BCUT2D eigenvalue weighted by molar-refractivity contribution is 5.87. The summed E-state index contributed by atoms with van der Waals surface area (Å²) in [5.41, 5.74) is 2.39. The lowest BCUT2D eigenvalue weighted by atomic mass is 10.0. The number of anilines is 3. The summed E-state index contributed by atoms with van der Waals surface area (Å²) in [5.74, 6) is 2.78. The molecule has 194 valence electrons. The predicted octanol–water partition coefficient (Wildman–Crippen LogP) is 3.52. The molecule has 2 N–H and O–H groups in total. The van der Waals surface area contributed by atoms with Gasteiger partial charge >= 0.3 is 0 Å². The van der Waals surface area contributed by atoms with Crippen LogP contribution in [0.3, 0.4) is 0 Å². The first kappa shape index (κ1) is 24.2. The molecule has 0 amide bonds. The Labute approximate surface area is 222 Å². The Morgan fingerprint density at radius 3 is 2.74 bits per heavy atom. The van der Waals surface area contributed by atoms with Crippen molar-refractivity contribution in [3.63, 3.8) is 0 Å². The second kappa shape index (κ2) is 9.62. The first-order valence-electron chi connectivity index (χ1n) is 12.1. The molecule has 11 nitrogen and oxygen atoms in total. The maximum absolute atomic E-state index is 15.5. The summed E-state index contributed by atoms with van der Waals surface area (Å²) < 4.78 is 23.0. The van der Waals surface area contributed by atoms with Crippen molar-refractivity contribution in [1.29, 1.82) is 0 Å². The lowest BCUT2D eigenvalue weighted by molar-refractivity contribution is 0.471. The molecule has 0 aliphatic carbocycles. The molecule has 0 saturated carbocycles. The largest absolute Gasteiger partial charge is 0.457 e. The summed E-state index contributed by atoms with van der Waals surface area (Å²) in [6, 6.07) is 6.83. The van der Waals surface area contributed by atoms with Crippen molar-refractivity contribution in [3.05, 3.63) is 60.7 Å². The minimum atomic E-state index is -0.443. The number of rotatable bonds is 5. The SMILES string of the molecule is Cc1c(Oc2ccn3ncnc3c2)ccc(Nc2ncnc3cnc(N4C[C@H]5CNC[C@H]5C4)nc23)c1F.Cl. The van der Waals surface area contributed by atoms with E-state index in [-0.39, 0.29) is 18.1 Å². The van der Waals surface area contributed by atoms with Crippen LogP contribution in [0.4, 0.5) is 21.8 Å². The number of nitrogens with one attached hydrogen (secondary N) is 2. The van der Waals surface area contributed by atoms with E-state index in [2.05, 4.69) is 40.6 Å². The van der Waals surface area contributed by atoms with Crippen molar-refractivity contribution < 1.29 is 9.13 Å². The Hall–Kier alpha value is -4.16. The van der Waals surface area contributed by atoms with Crippen molar-refractivity contribution in [2.75, 3.05) is 36.4 Å². The molecular weight excluding hydrogens is 511 g/mol. The minimum Gasteiger partial charge on any atom is -0.457 e. The second-order valence-corrected chi connectivity index (χ2v) is 9.41. The zero-order chi connectivity index (χ0) is 24.9. The van der Waals surface area contributed by atoms with E-state index >= 15 is 4.39 Å². The summed E-state index contributed by atoms with van der Waals surface area (Å²) in [5, 5.41) is 10.6. The van der Waals surface area contributed by atoms with Crippen LogP contribution in [0.5, 0.6) is 11.5 Å². The molecule has 2 atom stereocenters. The van der Waals surface area contributed by atoms with Crippen LogP contribution in [0.1, 0.15) is 5.56 Å². The maximum Gasteiger partial charge on any atom is 0.226 e. The molecule has 2 fully saturated rings. The highest BCUT2D eigenvalue weighted by atomic mass is 35.5. The average Bonchev–Trinajstić information content (AvgIpc) is 3.65. The lowest BCUT2D eigenvalue weighted by Gasteiger charge is -2.18. The first-order chi connectivity index (χ1) is 18.1. The van der Waals surface area contributed by atoms with Gasteiger partial charge in [0.05, 0.1) is 11.9 Å². The van der Waals surface area contributed by atoms with Crippen LogP contribution in [-0.2, 0) is 0 Å². The van der Waals surface area contributed by atoms with Gasteiger partial charge in [-0.05, 0) is 37.0 Å². The molecule has 2 saturated heterocycles. The Bertz CT molecular complexity index is 1630. The number of fused-ring (bicyclic) bond motifs is 3. The summed E-state index contributed by atoms with van der Waals surface area (Å²) in [6.45, 7) is 5.55. The van der Waals surface area contributed by atoms with Gasteiger partial charge in [-0.25, -0.2) is 33.8 Å². The van der Waals surface area contributed by atoms with Crippen molar-refractivity contribution in [2.24, 2.45) is 11.8 Å². The highest BCUT2D eigenvalue weighted by Gasteiger charge is 2.37. The third-order valence-corrected chi connectivity index (χ3v) is 7.11. The van der Waals surface area contributed by atoms with Crippen LogP contribution < -0.4 is 20.3 Å². The molecule has 0 bridgehead atoms. The normalized spacial score (nSPS) is 18.5. The van der Waals surface area contributed by atoms with Crippen molar-refractivity contribution in [2.45, 2.75) is 6.92 Å². The maximum atomic E-state index is 15.5. The fourth-order valence-corrected chi connectivity index (χ4v) is 5.10. The number of aromatic nitrogens is 7. The van der Waals surface area contributed by atoms with E-state index < -0.39 is 5.82 Å². The smallest absolute Gasteiger partial charge is 0.226 e. The Morgan fingerprint density at radius 1 is 1.05 bits per heavy atom. The lowest BCUT2D eigenvalue weighted by Crippen LogP contribution is -2.27. The highest BCUT2D eigenvalue weighted by Crippen LogP contribution is 2.34. The average molecular weight is 535 g/mol. The molecule has 0 spiro atoms. The molecular formula is C25H24ClFN10O. The minimum absolute atomic E-state index is 0. The standard InChI is InChI=1S/C25H23FN10O.ClH/c1-14-20(37-17-4-5-36-21(6-17)30-13-32-36)3-2-18(22(14)26)33-24-23-19(29-12-31-24)9-28-25(34-23)35-10-15-7-27-8-16(15)11-35;/h2-6,9,12-13,15-16,27H,7-8,10-11H2,1H3,(H,29,31,33);1H/t15-,16+;. The van der Waals surface area contributed by atoms with Crippen LogP contribution in [0.25, 0.3) is 16.7 Å². The van der Waals surface area contributed by atoms with Crippen molar-refractivity contribution in [1.82, 2.24) is 39.9 Å². The van der Waals surface area contributed by atoms with E-state index in [9.17, 15) is 0 Å². The molecule has 13 heteroatoms. The molecule has 2 aliphatic rings. The van der Waals surface area contributed by atoms with Gasteiger partial charge in [-0.1, -0.05) is 0 Å². The molecule has 5 aromatic rings. The van der Waals surface area contributed by atoms with E-state index in [1.165, 1.54) is 12.7 Å². The molecule has 2 aliphatic heterocycles. The monoisotopic (exact) mass is 534 g/mol. The fourth-order valence-electron chi connectivity index (χ4n) is 5.10. The van der Waals surface area contributed by atoms with Crippen LogP contribution in [0, 0.1) is 24.6 Å². The van der Waals surface area contributed by atoms with E-state index in [1.54, 1.807) is 48.1 Å². The number of nitrogens with zero attached hydrogens (tertiary/aromatic N) is 8. The van der Waals surface area contributed by atoms with E-state index in [0.717, 1.165) is 26.2 Å². The number of halogens is 2. The van der Waals surface area contributed by atoms with Gasteiger partial charge in [0.2, 0.25) is 5.95 Å². The van der Waals surface area contributed by atoms with Crippen LogP contribution in [-0.4, -0.2) is 60.7 Å². The van der Waals surface area contributed by atoms with Gasteiger partial charge in [0, 0.05) is 44.0 Å². The topological polar surface area (TPSA) is 118 Å². The van der Waals surface area contributed by atoms with E-state index in [0.29, 0.717) is 57.3 Å². The Kier molecular flexibility index (Phi) is 6.12. The summed E-state index contributed by atoms with van der Waals surface area (Å²) in [6.07, 6.45) is 6.31. The number of hydrogen-bond acceptors (Lipinski definition) is 10. The van der Waals surface area contributed by atoms with Gasteiger partial charge in [0.15, 0.2) is 17.3 Å².